The normalized spacial score (nSPS) is 12.0. The highest BCUT2D eigenvalue weighted by Crippen LogP contribution is 2.22. The minimum atomic E-state index is -1.28. The second kappa shape index (κ2) is 4.08. The van der Waals surface area contributed by atoms with Gasteiger partial charge in [0.15, 0.2) is 0 Å². The number of halogens is 1. The van der Waals surface area contributed by atoms with Gasteiger partial charge in [-0.05, 0) is 11.5 Å². The first-order valence-electron chi connectivity index (χ1n) is 5.68. The molecule has 0 aliphatic carbocycles. The highest BCUT2D eigenvalue weighted by atomic mass is 19.1. The summed E-state index contributed by atoms with van der Waals surface area (Å²) in [5.74, 6) is -1.30. The van der Waals surface area contributed by atoms with Crippen LogP contribution < -0.4 is 0 Å². The minimum Gasteiger partial charge on any atom is -0.478 e. The van der Waals surface area contributed by atoms with E-state index in [-0.39, 0.29) is 11.0 Å². The maximum Gasteiger partial charge on any atom is 0.338 e. The van der Waals surface area contributed by atoms with Crippen molar-refractivity contribution in [3.8, 4) is 0 Å². The first-order valence-corrected chi connectivity index (χ1v) is 5.68. The second-order valence-corrected chi connectivity index (χ2v) is 5.58. The van der Waals surface area contributed by atoms with Gasteiger partial charge in [0.2, 0.25) is 0 Å². The highest BCUT2D eigenvalue weighted by molar-refractivity contribution is 5.92. The summed E-state index contributed by atoms with van der Waals surface area (Å²) in [6.45, 7) is 6.22. The fraction of sp³-hybridized carbons (Fsp3) is 0.385. The summed E-state index contributed by atoms with van der Waals surface area (Å²) in [6, 6.07) is 2.44. The Labute approximate surface area is 104 Å². The van der Waals surface area contributed by atoms with Gasteiger partial charge in [-0.3, -0.25) is 0 Å². The number of aromatic carboxylic acids is 1. The lowest BCUT2D eigenvalue weighted by atomic mass is 9.92. The molecule has 18 heavy (non-hydrogen) atoms. The van der Waals surface area contributed by atoms with E-state index in [0.29, 0.717) is 17.5 Å². The molecule has 0 aliphatic heterocycles. The van der Waals surface area contributed by atoms with Crippen molar-refractivity contribution >= 4 is 17.0 Å². The zero-order chi connectivity index (χ0) is 13.5. The summed E-state index contributed by atoms with van der Waals surface area (Å²) in [6.07, 6.45) is 0.714. The zero-order valence-corrected chi connectivity index (χ0v) is 10.5. The Morgan fingerprint density at radius 1 is 1.44 bits per heavy atom. The predicted molar refractivity (Wildman–Crippen MR) is 66.2 cm³/mol. The summed E-state index contributed by atoms with van der Waals surface area (Å²) in [5, 5.41) is 8.84. The van der Waals surface area contributed by atoms with E-state index in [1.54, 1.807) is 0 Å². The predicted octanol–water partition coefficient (Wildman–Crippen LogP) is 2.99. The van der Waals surface area contributed by atoms with Crippen molar-refractivity contribution in [3.05, 3.63) is 29.3 Å². The van der Waals surface area contributed by atoms with Crippen LogP contribution in [0.25, 0.3) is 11.0 Å². The van der Waals surface area contributed by atoms with Crippen LogP contribution in [0.4, 0.5) is 4.39 Å². The van der Waals surface area contributed by atoms with Crippen LogP contribution in [0.1, 0.15) is 37.0 Å². The molecule has 2 N–H and O–H groups in total. The van der Waals surface area contributed by atoms with Crippen LogP contribution in [0.5, 0.6) is 0 Å². The van der Waals surface area contributed by atoms with E-state index < -0.39 is 11.8 Å². The molecule has 5 heteroatoms. The summed E-state index contributed by atoms with van der Waals surface area (Å²) in [4.78, 5) is 18.1. The lowest BCUT2D eigenvalue weighted by Crippen LogP contribution is -2.10. The van der Waals surface area contributed by atoms with Crippen molar-refractivity contribution in [2.45, 2.75) is 27.2 Å². The third kappa shape index (κ3) is 2.50. The van der Waals surface area contributed by atoms with Crippen LogP contribution in [0, 0.1) is 11.2 Å². The van der Waals surface area contributed by atoms with Crippen molar-refractivity contribution in [2.24, 2.45) is 5.41 Å². The SMILES string of the molecule is CC(C)(C)Cc1nc2cc(C(=O)O)c(F)cc2[nH]1. The van der Waals surface area contributed by atoms with Gasteiger partial charge >= 0.3 is 5.97 Å². The van der Waals surface area contributed by atoms with Gasteiger partial charge < -0.3 is 10.1 Å². The number of aromatic nitrogens is 2. The van der Waals surface area contributed by atoms with E-state index in [2.05, 4.69) is 30.7 Å². The van der Waals surface area contributed by atoms with Gasteiger partial charge in [-0.2, -0.15) is 0 Å². The zero-order valence-electron chi connectivity index (χ0n) is 10.5. The number of imidazole rings is 1. The Morgan fingerprint density at radius 3 is 2.67 bits per heavy atom. The number of hydrogen-bond acceptors (Lipinski definition) is 2. The van der Waals surface area contributed by atoms with Crippen molar-refractivity contribution < 1.29 is 14.3 Å². The fourth-order valence-electron chi connectivity index (χ4n) is 1.83. The largest absolute Gasteiger partial charge is 0.478 e. The molecule has 0 unspecified atom stereocenters. The van der Waals surface area contributed by atoms with Crippen molar-refractivity contribution in [3.63, 3.8) is 0 Å². The number of benzene rings is 1. The van der Waals surface area contributed by atoms with E-state index >= 15 is 0 Å². The van der Waals surface area contributed by atoms with E-state index in [0.717, 1.165) is 5.82 Å². The Balaban J connectivity index is 2.49. The number of hydrogen-bond donors (Lipinski definition) is 2. The number of carbonyl (C=O) groups is 1. The minimum absolute atomic E-state index is 0.0576. The molecule has 2 aromatic rings. The molecule has 0 amide bonds. The molecule has 0 radical (unpaired) electrons. The van der Waals surface area contributed by atoms with Crippen molar-refractivity contribution in [1.29, 1.82) is 0 Å². The molecular weight excluding hydrogens is 235 g/mol. The number of aromatic amines is 1. The third-order valence-electron chi connectivity index (χ3n) is 2.55. The molecule has 2 rings (SSSR count). The van der Waals surface area contributed by atoms with Gasteiger partial charge in [0.1, 0.15) is 11.6 Å². The first-order chi connectivity index (χ1) is 8.26. The first kappa shape index (κ1) is 12.5. The average Bonchev–Trinajstić information content (AvgIpc) is 2.54. The molecule has 1 aromatic heterocycles. The lowest BCUT2D eigenvalue weighted by Gasteiger charge is -2.15. The fourth-order valence-corrected chi connectivity index (χ4v) is 1.83. The number of nitrogens with zero attached hydrogens (tertiary/aromatic N) is 1. The topological polar surface area (TPSA) is 66.0 Å². The molecule has 0 atom stereocenters. The van der Waals surface area contributed by atoms with Crippen LogP contribution in [0.15, 0.2) is 12.1 Å². The Hall–Kier alpha value is -1.91. The molecule has 1 heterocycles. The number of rotatable bonds is 2. The van der Waals surface area contributed by atoms with E-state index in [4.69, 9.17) is 5.11 Å². The molecule has 0 spiro atoms. The van der Waals surface area contributed by atoms with Crippen LogP contribution in [-0.4, -0.2) is 21.0 Å². The molecular formula is C13H15FN2O2. The van der Waals surface area contributed by atoms with Gasteiger partial charge in [0.25, 0.3) is 0 Å². The Bertz CT molecular complexity index is 611. The summed E-state index contributed by atoms with van der Waals surface area (Å²) >= 11 is 0. The highest BCUT2D eigenvalue weighted by Gasteiger charge is 2.17. The number of nitrogens with one attached hydrogen (secondary N) is 1. The van der Waals surface area contributed by atoms with Gasteiger partial charge in [-0.15, -0.1) is 0 Å². The van der Waals surface area contributed by atoms with E-state index in [1.807, 2.05) is 0 Å². The quantitative estimate of drug-likeness (QED) is 0.861. The standard InChI is InChI=1S/C13H15FN2O2/c1-13(2,3)6-11-15-9-4-7(12(17)18)8(14)5-10(9)16-11/h4-5H,6H2,1-3H3,(H,15,16)(H,17,18). The van der Waals surface area contributed by atoms with Gasteiger partial charge in [-0.1, -0.05) is 20.8 Å². The number of H-pyrrole nitrogens is 1. The molecule has 0 aliphatic rings. The molecule has 4 nitrogen and oxygen atoms in total. The molecule has 96 valence electrons. The molecule has 0 saturated carbocycles. The molecule has 0 bridgehead atoms. The summed E-state index contributed by atoms with van der Waals surface area (Å²) in [7, 11) is 0. The van der Waals surface area contributed by atoms with E-state index in [9.17, 15) is 9.18 Å². The van der Waals surface area contributed by atoms with Crippen LogP contribution in [0.3, 0.4) is 0 Å². The summed E-state index contributed by atoms with van der Waals surface area (Å²) < 4.78 is 13.5. The second-order valence-electron chi connectivity index (χ2n) is 5.58. The Morgan fingerprint density at radius 2 is 2.11 bits per heavy atom. The third-order valence-corrected chi connectivity index (χ3v) is 2.55. The molecule has 0 fully saturated rings. The van der Waals surface area contributed by atoms with Crippen LogP contribution >= 0.6 is 0 Å². The number of carboxylic acid groups (broad SMARTS) is 1. The van der Waals surface area contributed by atoms with Crippen molar-refractivity contribution in [2.75, 3.05) is 0 Å². The monoisotopic (exact) mass is 250 g/mol. The molecule has 1 aromatic carbocycles. The van der Waals surface area contributed by atoms with Crippen LogP contribution in [0.2, 0.25) is 0 Å². The number of carboxylic acids is 1. The molecule has 0 saturated heterocycles. The van der Waals surface area contributed by atoms with Gasteiger partial charge in [0, 0.05) is 12.5 Å². The Kier molecular flexibility index (Phi) is 2.84. The van der Waals surface area contributed by atoms with Gasteiger partial charge in [-0.25, -0.2) is 14.2 Å². The number of fused-ring (bicyclic) bond motifs is 1. The van der Waals surface area contributed by atoms with Crippen LogP contribution in [-0.2, 0) is 6.42 Å². The smallest absolute Gasteiger partial charge is 0.338 e. The van der Waals surface area contributed by atoms with Gasteiger partial charge in [0.05, 0.1) is 16.6 Å². The van der Waals surface area contributed by atoms with E-state index in [1.165, 1.54) is 12.1 Å². The lowest BCUT2D eigenvalue weighted by molar-refractivity contribution is 0.0692. The maximum absolute atomic E-state index is 13.5. The summed E-state index contributed by atoms with van der Waals surface area (Å²) in [5.41, 5.74) is 0.711. The van der Waals surface area contributed by atoms with Crippen molar-refractivity contribution in [1.82, 2.24) is 9.97 Å². The average molecular weight is 250 g/mol. The maximum atomic E-state index is 13.5.